The molecular formula is C15H21N5O3. The van der Waals surface area contributed by atoms with Crippen LogP contribution < -0.4 is 10.9 Å². The minimum atomic E-state index is -0.169. The van der Waals surface area contributed by atoms with Crippen LogP contribution in [0.25, 0.3) is 0 Å². The Morgan fingerprint density at radius 1 is 1.35 bits per heavy atom. The van der Waals surface area contributed by atoms with E-state index in [1.807, 2.05) is 30.1 Å². The van der Waals surface area contributed by atoms with Gasteiger partial charge in [0.2, 0.25) is 0 Å². The molecular weight excluding hydrogens is 298 g/mol. The van der Waals surface area contributed by atoms with E-state index in [1.54, 1.807) is 6.08 Å². The van der Waals surface area contributed by atoms with Crippen LogP contribution in [0.4, 0.5) is 0 Å². The van der Waals surface area contributed by atoms with Crippen molar-refractivity contribution in [1.82, 2.24) is 25.7 Å². The van der Waals surface area contributed by atoms with Crippen LogP contribution in [0, 0.1) is 0 Å². The maximum Gasteiger partial charge on any atom is 0.163 e. The van der Waals surface area contributed by atoms with E-state index in [4.69, 9.17) is 9.57 Å². The van der Waals surface area contributed by atoms with Crippen LogP contribution in [0.1, 0.15) is 0 Å². The van der Waals surface area contributed by atoms with Gasteiger partial charge in [-0.1, -0.05) is 0 Å². The van der Waals surface area contributed by atoms with Gasteiger partial charge >= 0.3 is 0 Å². The number of likely N-dealkylation sites (N-methyl/N-ethyl adjacent to an activating group) is 2. The number of allylic oxidation sites excluding steroid dienone is 2. The van der Waals surface area contributed by atoms with Gasteiger partial charge < -0.3 is 19.6 Å². The lowest BCUT2D eigenvalue weighted by molar-refractivity contribution is -0.158. The van der Waals surface area contributed by atoms with Gasteiger partial charge in [-0.3, -0.25) is 4.84 Å². The molecule has 5 aliphatic rings. The number of aliphatic hydroxyl groups excluding tert-OH is 1. The number of hydroxylamine groups is 1. The van der Waals surface area contributed by atoms with Gasteiger partial charge in [-0.25, -0.2) is 10.4 Å². The van der Waals surface area contributed by atoms with E-state index in [9.17, 15) is 5.11 Å². The lowest BCUT2D eigenvalue weighted by Gasteiger charge is -2.42. The van der Waals surface area contributed by atoms with Gasteiger partial charge in [0.25, 0.3) is 0 Å². The Bertz CT molecular complexity index is 627. The molecule has 0 aromatic heterocycles. The third-order valence-electron chi connectivity index (χ3n) is 4.23. The van der Waals surface area contributed by atoms with Gasteiger partial charge in [-0.15, -0.1) is 0 Å². The molecule has 0 amide bonds. The summed E-state index contributed by atoms with van der Waals surface area (Å²) in [5.41, 5.74) is 7.36. The van der Waals surface area contributed by atoms with E-state index in [2.05, 4.69) is 28.0 Å². The van der Waals surface area contributed by atoms with Crippen LogP contribution >= 0.6 is 0 Å². The summed E-state index contributed by atoms with van der Waals surface area (Å²) in [6.07, 6.45) is 7.56. The van der Waals surface area contributed by atoms with Gasteiger partial charge in [0.15, 0.2) is 17.8 Å². The van der Waals surface area contributed by atoms with E-state index < -0.39 is 0 Å². The molecule has 23 heavy (non-hydrogen) atoms. The van der Waals surface area contributed by atoms with Gasteiger partial charge in [0.05, 0.1) is 13.1 Å². The van der Waals surface area contributed by atoms with Gasteiger partial charge in [-0.05, 0) is 18.2 Å². The Hall–Kier alpha value is -2.00. The van der Waals surface area contributed by atoms with Gasteiger partial charge in [0.1, 0.15) is 18.5 Å². The predicted octanol–water partition coefficient (Wildman–Crippen LogP) is -0.0479. The van der Waals surface area contributed by atoms with Gasteiger partial charge in [0, 0.05) is 25.9 Å². The molecule has 1 saturated heterocycles. The van der Waals surface area contributed by atoms with E-state index in [0.29, 0.717) is 24.7 Å². The van der Waals surface area contributed by atoms with Crippen molar-refractivity contribution in [1.29, 1.82) is 0 Å². The normalized spacial score (nSPS) is 31.2. The smallest absolute Gasteiger partial charge is 0.163 e. The van der Waals surface area contributed by atoms with Crippen LogP contribution in [0.5, 0.6) is 0 Å². The van der Waals surface area contributed by atoms with Gasteiger partial charge in [-0.2, -0.15) is 5.48 Å². The number of hydrazine groups is 1. The molecule has 0 saturated carbocycles. The molecule has 8 nitrogen and oxygen atoms in total. The highest BCUT2D eigenvalue weighted by atomic mass is 16.7. The Balaban J connectivity index is 1.70. The second kappa shape index (κ2) is 5.57. The summed E-state index contributed by atoms with van der Waals surface area (Å²) >= 11 is 0. The molecule has 5 aliphatic heterocycles. The average Bonchev–Trinajstić information content (AvgIpc) is 2.48. The number of ether oxygens (including phenoxy) is 1. The molecule has 1 fully saturated rings. The number of hydrogen-bond donors (Lipinski definition) is 3. The highest BCUT2D eigenvalue weighted by Crippen LogP contribution is 2.30. The summed E-state index contributed by atoms with van der Waals surface area (Å²) in [4.78, 5) is 9.76. The highest BCUT2D eigenvalue weighted by Gasteiger charge is 2.31. The first-order chi connectivity index (χ1) is 11.1. The van der Waals surface area contributed by atoms with Crippen molar-refractivity contribution in [3.8, 4) is 0 Å². The summed E-state index contributed by atoms with van der Waals surface area (Å²) in [6, 6.07) is 0. The summed E-state index contributed by atoms with van der Waals surface area (Å²) in [6.45, 7) is 1.80. The molecule has 8 heteroatoms. The van der Waals surface area contributed by atoms with Crippen molar-refractivity contribution in [2.75, 3.05) is 33.8 Å². The maximum absolute atomic E-state index is 9.83. The molecule has 2 bridgehead atoms. The van der Waals surface area contributed by atoms with Crippen LogP contribution in [0.2, 0.25) is 0 Å². The molecule has 5 heterocycles. The Morgan fingerprint density at radius 3 is 3.04 bits per heavy atom. The van der Waals surface area contributed by atoms with E-state index >= 15 is 0 Å². The highest BCUT2D eigenvalue weighted by molar-refractivity contribution is 5.34. The fourth-order valence-corrected chi connectivity index (χ4v) is 3.19. The molecule has 0 aromatic carbocycles. The number of nitrogens with one attached hydrogen (secondary N) is 2. The van der Waals surface area contributed by atoms with E-state index in [1.165, 1.54) is 0 Å². The molecule has 2 atom stereocenters. The van der Waals surface area contributed by atoms with Crippen molar-refractivity contribution >= 4 is 0 Å². The van der Waals surface area contributed by atoms with Crippen molar-refractivity contribution in [3.63, 3.8) is 0 Å². The van der Waals surface area contributed by atoms with E-state index in [0.717, 1.165) is 18.1 Å². The fourth-order valence-electron chi connectivity index (χ4n) is 3.19. The maximum atomic E-state index is 9.83. The summed E-state index contributed by atoms with van der Waals surface area (Å²) in [7, 11) is 3.90. The first-order valence-electron chi connectivity index (χ1n) is 7.67. The fraction of sp³-hybridized carbons (Fsp3) is 0.467. The monoisotopic (exact) mass is 319 g/mol. The topological polar surface area (TPSA) is 72.5 Å². The van der Waals surface area contributed by atoms with E-state index in [-0.39, 0.29) is 12.4 Å². The first kappa shape index (κ1) is 14.6. The Morgan fingerprint density at radius 2 is 2.22 bits per heavy atom. The zero-order valence-corrected chi connectivity index (χ0v) is 13.2. The van der Waals surface area contributed by atoms with Crippen molar-refractivity contribution in [3.05, 3.63) is 47.3 Å². The second-order valence-electron chi connectivity index (χ2n) is 5.97. The molecule has 5 rings (SSSR count). The molecule has 3 N–H and O–H groups in total. The quantitative estimate of drug-likeness (QED) is 0.621. The number of hydrogen-bond acceptors (Lipinski definition) is 8. The van der Waals surface area contributed by atoms with Crippen LogP contribution in [0.15, 0.2) is 47.3 Å². The lowest BCUT2D eigenvalue weighted by Crippen LogP contribution is -2.61. The zero-order valence-electron chi connectivity index (χ0n) is 13.2. The number of nitrogens with zero attached hydrogens (tertiary/aromatic N) is 3. The molecule has 0 aromatic rings. The summed E-state index contributed by atoms with van der Waals surface area (Å²) in [5.74, 6) is 1.99. The minimum absolute atomic E-state index is 0.110. The minimum Gasteiger partial charge on any atom is -0.510 e. The molecule has 0 radical (unpaired) electrons. The number of fused-ring (bicyclic) bond motifs is 3. The first-order valence-corrected chi connectivity index (χ1v) is 7.67. The average molecular weight is 319 g/mol. The lowest BCUT2D eigenvalue weighted by atomic mass is 10.2. The van der Waals surface area contributed by atoms with Crippen LogP contribution in [0.3, 0.4) is 0 Å². The Kier molecular flexibility index (Phi) is 3.53. The second-order valence-corrected chi connectivity index (χ2v) is 5.97. The number of aliphatic hydroxyl groups is 1. The molecule has 124 valence electrons. The summed E-state index contributed by atoms with van der Waals surface area (Å²) in [5, 5.41) is 11.7. The zero-order chi connectivity index (χ0) is 16.0. The largest absolute Gasteiger partial charge is 0.510 e. The third-order valence-corrected chi connectivity index (χ3v) is 4.23. The standard InChI is InChI=1S/C15H21N5O3/c1-18-9-11(21)8-12-15(18)20(5-6-22-12)10-3-4-14-19(2)16-13(7-10)17-23-14/h3-4,7-8,13-14,16-17,21H,5-6,9H2,1-2H3. The summed E-state index contributed by atoms with van der Waals surface area (Å²) < 4.78 is 5.72. The molecule has 0 spiro atoms. The molecule has 0 aliphatic carbocycles. The van der Waals surface area contributed by atoms with Crippen molar-refractivity contribution in [2.24, 2.45) is 0 Å². The predicted molar refractivity (Wildman–Crippen MR) is 82.9 cm³/mol. The van der Waals surface area contributed by atoms with Crippen molar-refractivity contribution in [2.45, 2.75) is 12.4 Å². The van der Waals surface area contributed by atoms with Crippen LogP contribution in [-0.2, 0) is 9.57 Å². The SMILES string of the molecule is CN1CC(O)=CC2=C1N(C1=CC3NOC(C=C1)N(C)N3)CCO2. The van der Waals surface area contributed by atoms with Crippen LogP contribution in [-0.4, -0.2) is 66.1 Å². The number of rotatable bonds is 1. The van der Waals surface area contributed by atoms with Crippen molar-refractivity contribution < 1.29 is 14.7 Å². The molecule has 2 unspecified atom stereocenters. The Labute approximate surface area is 134 Å². The third kappa shape index (κ3) is 2.59.